The van der Waals surface area contributed by atoms with Crippen LogP contribution in [0.15, 0.2) is 54.6 Å². The summed E-state index contributed by atoms with van der Waals surface area (Å²) in [6.45, 7) is 3.06. The zero-order valence-electron chi connectivity index (χ0n) is 15.1. The lowest BCUT2D eigenvalue weighted by atomic mass is 10.2. The van der Waals surface area contributed by atoms with E-state index in [-0.39, 0.29) is 6.03 Å². The fourth-order valence-corrected chi connectivity index (χ4v) is 2.45. The maximum absolute atomic E-state index is 12.1. The Hall–Kier alpha value is -2.53. The fourth-order valence-electron chi connectivity index (χ4n) is 2.45. The summed E-state index contributed by atoms with van der Waals surface area (Å²) < 4.78 is 0. The molecule has 2 N–H and O–H groups in total. The van der Waals surface area contributed by atoms with E-state index < -0.39 is 6.10 Å². The van der Waals surface area contributed by atoms with Crippen LogP contribution >= 0.6 is 0 Å². The number of benzene rings is 2. The zero-order chi connectivity index (χ0) is 18.2. The first-order chi connectivity index (χ1) is 12.0. The number of carbonyl (C=O) groups excluding carboxylic acids is 1. The highest BCUT2D eigenvalue weighted by atomic mass is 16.3. The molecule has 0 saturated heterocycles. The summed E-state index contributed by atoms with van der Waals surface area (Å²) >= 11 is 0. The molecule has 1 unspecified atom stereocenters. The Morgan fingerprint density at radius 1 is 1.08 bits per heavy atom. The quantitative estimate of drug-likeness (QED) is 0.810. The number of nitrogens with zero attached hydrogens (tertiary/aromatic N) is 2. The molecule has 0 fully saturated rings. The predicted molar refractivity (Wildman–Crippen MR) is 103 cm³/mol. The van der Waals surface area contributed by atoms with E-state index in [0.29, 0.717) is 13.0 Å². The van der Waals surface area contributed by atoms with E-state index in [4.69, 9.17) is 0 Å². The van der Waals surface area contributed by atoms with Crippen LogP contribution in [0.25, 0.3) is 0 Å². The Bertz CT molecular complexity index is 656. The van der Waals surface area contributed by atoms with Crippen LogP contribution in [-0.4, -0.2) is 42.8 Å². The Morgan fingerprint density at radius 2 is 1.72 bits per heavy atom. The van der Waals surface area contributed by atoms with Gasteiger partial charge in [0.05, 0.1) is 6.10 Å². The molecule has 134 valence electrons. The number of rotatable bonds is 7. The van der Waals surface area contributed by atoms with Crippen molar-refractivity contribution in [2.75, 3.05) is 30.9 Å². The Balaban J connectivity index is 1.89. The fraction of sp³-hybridized carbons (Fsp3) is 0.350. The lowest BCUT2D eigenvalue weighted by Crippen LogP contribution is -2.33. The largest absolute Gasteiger partial charge is 0.393 e. The van der Waals surface area contributed by atoms with E-state index in [0.717, 1.165) is 17.9 Å². The number of hydrogen-bond donors (Lipinski definition) is 2. The summed E-state index contributed by atoms with van der Waals surface area (Å²) in [5, 5.41) is 12.2. The molecule has 2 rings (SSSR count). The summed E-state index contributed by atoms with van der Waals surface area (Å²) in [5.41, 5.74) is 3.09. The number of amides is 2. The second-order valence-corrected chi connectivity index (χ2v) is 6.38. The molecule has 0 aromatic heterocycles. The molecular weight excluding hydrogens is 314 g/mol. The molecule has 0 aliphatic carbocycles. The number of hydrogen-bond acceptors (Lipinski definition) is 3. The number of carbonyl (C=O) groups is 1. The van der Waals surface area contributed by atoms with Crippen molar-refractivity contribution >= 4 is 17.4 Å². The van der Waals surface area contributed by atoms with Crippen molar-refractivity contribution in [3.63, 3.8) is 0 Å². The maximum atomic E-state index is 12.1. The third-order valence-corrected chi connectivity index (χ3v) is 4.05. The van der Waals surface area contributed by atoms with Crippen molar-refractivity contribution in [1.29, 1.82) is 0 Å². The minimum atomic E-state index is -0.408. The summed E-state index contributed by atoms with van der Waals surface area (Å²) in [7, 11) is 3.77. The average molecular weight is 341 g/mol. The van der Waals surface area contributed by atoms with Gasteiger partial charge < -0.3 is 20.2 Å². The van der Waals surface area contributed by atoms with Crippen LogP contribution in [0.2, 0.25) is 0 Å². The average Bonchev–Trinajstić information content (AvgIpc) is 2.61. The number of aliphatic hydroxyl groups excluding tert-OH is 1. The van der Waals surface area contributed by atoms with Gasteiger partial charge in [0.15, 0.2) is 0 Å². The van der Waals surface area contributed by atoms with Crippen LogP contribution < -0.4 is 10.2 Å². The van der Waals surface area contributed by atoms with Crippen molar-refractivity contribution in [1.82, 2.24) is 4.90 Å². The molecule has 0 heterocycles. The molecule has 5 heteroatoms. The molecule has 0 bridgehead atoms. The van der Waals surface area contributed by atoms with E-state index >= 15 is 0 Å². The summed E-state index contributed by atoms with van der Waals surface area (Å²) in [5.74, 6) is 0. The molecular formula is C20H27N3O2. The lowest BCUT2D eigenvalue weighted by molar-refractivity contribution is 0.167. The first-order valence-electron chi connectivity index (χ1n) is 8.51. The van der Waals surface area contributed by atoms with Crippen LogP contribution in [0.3, 0.4) is 0 Å². The van der Waals surface area contributed by atoms with E-state index in [1.165, 1.54) is 5.56 Å². The van der Waals surface area contributed by atoms with Gasteiger partial charge in [0.1, 0.15) is 0 Å². The maximum Gasteiger partial charge on any atom is 0.321 e. The first kappa shape index (κ1) is 18.8. The van der Waals surface area contributed by atoms with Crippen molar-refractivity contribution in [2.45, 2.75) is 26.0 Å². The van der Waals surface area contributed by atoms with Gasteiger partial charge >= 0.3 is 6.03 Å². The van der Waals surface area contributed by atoms with Gasteiger partial charge in [0.2, 0.25) is 0 Å². The molecule has 1 atom stereocenters. The molecule has 25 heavy (non-hydrogen) atoms. The normalized spacial score (nSPS) is 11.7. The molecule has 2 amide bonds. The van der Waals surface area contributed by atoms with Gasteiger partial charge in [-0.1, -0.05) is 30.3 Å². The molecule has 0 aliphatic rings. The van der Waals surface area contributed by atoms with Crippen molar-refractivity contribution in [2.24, 2.45) is 0 Å². The Kier molecular flexibility index (Phi) is 6.83. The van der Waals surface area contributed by atoms with Gasteiger partial charge in [-0.15, -0.1) is 0 Å². The summed E-state index contributed by atoms with van der Waals surface area (Å²) in [4.78, 5) is 15.8. The summed E-state index contributed by atoms with van der Waals surface area (Å²) in [6, 6.07) is 17.9. The number of nitrogens with one attached hydrogen (secondary N) is 1. The van der Waals surface area contributed by atoms with Gasteiger partial charge in [0, 0.05) is 38.6 Å². The highest BCUT2D eigenvalue weighted by Gasteiger charge is 2.10. The van der Waals surface area contributed by atoms with E-state index in [1.807, 2.05) is 49.5 Å². The van der Waals surface area contributed by atoms with Crippen LogP contribution in [0.4, 0.5) is 16.2 Å². The zero-order valence-corrected chi connectivity index (χ0v) is 15.1. The lowest BCUT2D eigenvalue weighted by Gasteiger charge is -2.21. The van der Waals surface area contributed by atoms with Crippen LogP contribution in [0.1, 0.15) is 18.9 Å². The minimum absolute atomic E-state index is 0.175. The third kappa shape index (κ3) is 6.12. The van der Waals surface area contributed by atoms with Crippen molar-refractivity contribution < 1.29 is 9.90 Å². The third-order valence-electron chi connectivity index (χ3n) is 4.05. The van der Waals surface area contributed by atoms with Crippen LogP contribution in [0.5, 0.6) is 0 Å². The summed E-state index contributed by atoms with van der Waals surface area (Å²) in [6.07, 6.45) is 0.155. The highest BCUT2D eigenvalue weighted by Crippen LogP contribution is 2.19. The molecule has 0 spiro atoms. The molecule has 2 aromatic rings. The molecule has 2 aromatic carbocycles. The Labute approximate surface area is 149 Å². The van der Waals surface area contributed by atoms with Gasteiger partial charge in [-0.05, 0) is 43.2 Å². The van der Waals surface area contributed by atoms with Gasteiger partial charge in [-0.2, -0.15) is 0 Å². The number of anilines is 2. The van der Waals surface area contributed by atoms with Crippen LogP contribution in [0, 0.1) is 0 Å². The van der Waals surface area contributed by atoms with E-state index in [9.17, 15) is 9.90 Å². The molecule has 0 saturated carbocycles. The smallest absolute Gasteiger partial charge is 0.321 e. The van der Waals surface area contributed by atoms with Crippen molar-refractivity contribution in [3.05, 3.63) is 60.2 Å². The second-order valence-electron chi connectivity index (χ2n) is 6.38. The molecule has 0 radical (unpaired) electrons. The monoisotopic (exact) mass is 341 g/mol. The number of urea groups is 1. The van der Waals surface area contributed by atoms with Gasteiger partial charge in [-0.25, -0.2) is 4.79 Å². The van der Waals surface area contributed by atoms with E-state index in [2.05, 4.69) is 22.3 Å². The Morgan fingerprint density at radius 3 is 2.32 bits per heavy atom. The number of aliphatic hydroxyl groups is 1. The van der Waals surface area contributed by atoms with Crippen LogP contribution in [-0.2, 0) is 6.54 Å². The predicted octanol–water partition coefficient (Wildman–Crippen LogP) is 3.56. The van der Waals surface area contributed by atoms with Gasteiger partial charge in [-0.3, -0.25) is 0 Å². The van der Waals surface area contributed by atoms with E-state index in [1.54, 1.807) is 18.9 Å². The first-order valence-corrected chi connectivity index (χ1v) is 8.51. The SMILES string of the molecule is CC(O)CCN(C)C(=O)Nc1ccc(N(C)Cc2ccccc2)cc1. The second kappa shape index (κ2) is 9.08. The molecule has 0 aliphatic heterocycles. The minimum Gasteiger partial charge on any atom is -0.393 e. The standard InChI is InChI=1S/C20H27N3O2/c1-16(24)13-14-22(2)20(25)21-18-9-11-19(12-10-18)23(3)15-17-7-5-4-6-8-17/h4-12,16,24H,13-15H2,1-3H3,(H,21,25). The molecule has 5 nitrogen and oxygen atoms in total. The highest BCUT2D eigenvalue weighted by molar-refractivity contribution is 5.89. The topological polar surface area (TPSA) is 55.8 Å². The van der Waals surface area contributed by atoms with Crippen molar-refractivity contribution in [3.8, 4) is 0 Å². The van der Waals surface area contributed by atoms with Gasteiger partial charge in [0.25, 0.3) is 0 Å².